The van der Waals surface area contributed by atoms with Crippen LogP contribution in [0.2, 0.25) is 0 Å². The fourth-order valence-corrected chi connectivity index (χ4v) is 4.39. The van der Waals surface area contributed by atoms with Gasteiger partial charge in [-0.05, 0) is 56.6 Å². The Labute approximate surface area is 237 Å². The average Bonchev–Trinajstić information content (AvgIpc) is 2.90. The molecule has 0 heterocycles. The van der Waals surface area contributed by atoms with Crippen molar-refractivity contribution in [2.75, 3.05) is 40.4 Å². The van der Waals surface area contributed by atoms with Crippen molar-refractivity contribution in [1.82, 2.24) is 0 Å². The molecule has 39 heavy (non-hydrogen) atoms. The number of hydrogen-bond donors (Lipinski definition) is 0. The quantitative estimate of drug-likeness (QED) is 0.210. The third kappa shape index (κ3) is 20.7. The fraction of sp³-hybridized carbons (Fsp3) is 0.548. The Hall–Kier alpha value is -1.84. The second-order valence-corrected chi connectivity index (χ2v) is 16.0. The maximum atomic E-state index is 11.9. The third-order valence-corrected chi connectivity index (χ3v) is 8.94. The van der Waals surface area contributed by atoms with Crippen molar-refractivity contribution in [1.29, 1.82) is 0 Å². The largest absolute Gasteiger partial charge is 0.332 e. The number of rotatable bonds is 14. The number of aryl methyl sites for hydroxylation is 2. The smallest absolute Gasteiger partial charge is 0.207 e. The molecular weight excluding hydrogens is 530 g/mol. The van der Waals surface area contributed by atoms with Crippen LogP contribution in [0, 0.1) is 11.8 Å². The predicted molar refractivity (Wildman–Crippen MR) is 165 cm³/mol. The van der Waals surface area contributed by atoms with Crippen molar-refractivity contribution in [3.8, 4) is 0 Å². The summed E-state index contributed by atoms with van der Waals surface area (Å²) < 4.78 is 31.5. The van der Waals surface area contributed by atoms with Crippen LogP contribution in [0.5, 0.6) is 0 Å². The Morgan fingerprint density at radius 1 is 0.718 bits per heavy atom. The molecule has 1 unspecified atom stereocenters. The molecule has 0 amide bonds. The molecule has 6 nitrogen and oxygen atoms in total. The molecule has 2 rings (SSSR count). The van der Waals surface area contributed by atoms with Gasteiger partial charge in [0.15, 0.2) is 7.37 Å². The van der Waals surface area contributed by atoms with E-state index in [1.165, 1.54) is 32.0 Å². The summed E-state index contributed by atoms with van der Waals surface area (Å²) in [6.07, 6.45) is 6.02. The van der Waals surface area contributed by atoms with Gasteiger partial charge in [-0.3, -0.25) is 18.7 Å². The van der Waals surface area contributed by atoms with E-state index in [2.05, 4.69) is 40.9 Å². The highest BCUT2D eigenvalue weighted by Gasteiger charge is 2.23. The number of benzene rings is 2. The minimum Gasteiger partial charge on any atom is -0.332 e. The van der Waals surface area contributed by atoms with Crippen LogP contribution in [0.1, 0.15) is 57.6 Å². The van der Waals surface area contributed by atoms with Crippen molar-refractivity contribution < 1.29 is 27.8 Å². The standard InChI is InChI=1S/C15H23O3P.C13H18O.C3H9O2P/c1-13(15(16)12-19(3,17)18-2)8-7-11-14-9-5-4-6-10-14;1-11(12(2)14)7-6-10-13-8-4-3-5-9-13;1-5-6(2,3)4/h4-6,9-10,13H,7-8,11-12H2,1-3H3;3-5,8-9,11H,6-7,10H2,1-2H3;1-3H3/t13-,19?;11-;/m00./s1. The molecule has 0 fully saturated rings. The highest BCUT2D eigenvalue weighted by atomic mass is 31.2. The van der Waals surface area contributed by atoms with Crippen LogP contribution in [0.3, 0.4) is 0 Å². The Kier molecular flexibility index (Phi) is 19.2. The van der Waals surface area contributed by atoms with Crippen molar-refractivity contribution >= 4 is 26.3 Å². The molecule has 0 aliphatic heterocycles. The van der Waals surface area contributed by atoms with Gasteiger partial charge in [0.05, 0.1) is 6.16 Å². The van der Waals surface area contributed by atoms with E-state index in [0.717, 1.165) is 38.5 Å². The summed E-state index contributed by atoms with van der Waals surface area (Å²) in [5.74, 6) is 0.518. The molecule has 2 aromatic carbocycles. The molecule has 8 heteroatoms. The van der Waals surface area contributed by atoms with Gasteiger partial charge in [0.1, 0.15) is 11.6 Å². The zero-order valence-corrected chi connectivity index (χ0v) is 27.0. The van der Waals surface area contributed by atoms with Crippen molar-refractivity contribution in [3.63, 3.8) is 0 Å². The first-order valence-corrected chi connectivity index (χ1v) is 18.3. The first-order chi connectivity index (χ1) is 18.2. The van der Waals surface area contributed by atoms with Crippen LogP contribution in [0.4, 0.5) is 0 Å². The van der Waals surface area contributed by atoms with Crippen molar-refractivity contribution in [2.24, 2.45) is 11.8 Å². The van der Waals surface area contributed by atoms with E-state index in [1.54, 1.807) is 20.3 Å². The fourth-order valence-electron chi connectivity index (χ4n) is 3.38. The van der Waals surface area contributed by atoms with Crippen LogP contribution >= 0.6 is 14.7 Å². The minimum absolute atomic E-state index is 0.0424. The average molecular weight is 581 g/mol. The maximum Gasteiger partial charge on any atom is 0.207 e. The van der Waals surface area contributed by atoms with Gasteiger partial charge >= 0.3 is 0 Å². The number of carbonyl (C=O) groups excluding carboxylic acids is 2. The van der Waals surface area contributed by atoms with Gasteiger partial charge in [-0.25, -0.2) is 0 Å². The summed E-state index contributed by atoms with van der Waals surface area (Å²) in [4.78, 5) is 22.9. The lowest BCUT2D eigenvalue weighted by atomic mass is 9.98. The Morgan fingerprint density at radius 3 is 1.44 bits per heavy atom. The summed E-state index contributed by atoms with van der Waals surface area (Å²) >= 11 is 0. The molecule has 0 aromatic heterocycles. The monoisotopic (exact) mass is 580 g/mol. The molecule has 2 aromatic rings. The normalized spacial score (nSPS) is 13.9. The number of carbonyl (C=O) groups is 2. The molecule has 0 bridgehead atoms. The summed E-state index contributed by atoms with van der Waals surface area (Å²) in [6, 6.07) is 20.7. The molecule has 0 aliphatic rings. The molecule has 0 spiro atoms. The minimum atomic E-state index is -2.72. The van der Waals surface area contributed by atoms with E-state index in [-0.39, 0.29) is 23.8 Å². The molecule has 0 saturated heterocycles. The number of hydrogen-bond acceptors (Lipinski definition) is 6. The SMILES string of the molecule is CC(=O)[C@@H](C)CCCc1ccccc1.COP(C)(=O)CC(=O)[C@@H](C)CCCc1ccccc1.COP(C)(C)=O. The first-order valence-electron chi connectivity index (χ1n) is 13.5. The molecular formula is C31H50O6P2. The van der Waals surface area contributed by atoms with E-state index >= 15 is 0 Å². The Morgan fingerprint density at radius 2 is 1.10 bits per heavy atom. The topological polar surface area (TPSA) is 86.7 Å². The molecule has 0 saturated carbocycles. The molecule has 0 aliphatic carbocycles. The Balaban J connectivity index is 0.000000631. The summed E-state index contributed by atoms with van der Waals surface area (Å²) in [6.45, 7) is 10.3. The molecule has 220 valence electrons. The predicted octanol–water partition coefficient (Wildman–Crippen LogP) is 8.17. The van der Waals surface area contributed by atoms with Crippen LogP contribution in [-0.4, -0.2) is 51.9 Å². The first kappa shape index (κ1) is 37.2. The maximum absolute atomic E-state index is 11.9. The van der Waals surface area contributed by atoms with Gasteiger partial charge in [0.2, 0.25) is 7.37 Å². The lowest BCUT2D eigenvalue weighted by Gasteiger charge is -2.14. The van der Waals surface area contributed by atoms with E-state index in [1.807, 2.05) is 38.1 Å². The summed E-state index contributed by atoms with van der Waals surface area (Å²) in [5, 5.41) is 0. The lowest BCUT2D eigenvalue weighted by molar-refractivity contribution is -0.121. The van der Waals surface area contributed by atoms with Crippen molar-refractivity contribution in [3.05, 3.63) is 71.8 Å². The van der Waals surface area contributed by atoms with E-state index in [0.29, 0.717) is 5.78 Å². The van der Waals surface area contributed by atoms with Gasteiger partial charge in [0.25, 0.3) is 0 Å². The van der Waals surface area contributed by atoms with E-state index < -0.39 is 14.7 Å². The van der Waals surface area contributed by atoms with E-state index in [4.69, 9.17) is 4.52 Å². The third-order valence-electron chi connectivity index (χ3n) is 6.40. The zero-order valence-electron chi connectivity index (χ0n) is 25.2. The highest BCUT2D eigenvalue weighted by Crippen LogP contribution is 2.41. The second-order valence-electron chi connectivity index (χ2n) is 10.4. The van der Waals surface area contributed by atoms with Gasteiger partial charge in [-0.2, -0.15) is 0 Å². The molecule has 0 radical (unpaired) electrons. The highest BCUT2D eigenvalue weighted by molar-refractivity contribution is 7.59. The Bertz CT molecular complexity index is 1030. The van der Waals surface area contributed by atoms with Crippen molar-refractivity contribution in [2.45, 2.75) is 59.3 Å². The number of Topliss-reactive ketones (excluding diaryl/α,β-unsaturated/α-hetero) is 2. The van der Waals surface area contributed by atoms with Crippen LogP contribution < -0.4 is 0 Å². The van der Waals surface area contributed by atoms with Gasteiger partial charge in [-0.15, -0.1) is 0 Å². The second kappa shape index (κ2) is 20.1. The van der Waals surface area contributed by atoms with Gasteiger partial charge in [0, 0.05) is 46.0 Å². The molecule has 0 N–H and O–H groups in total. The molecule has 3 atom stereocenters. The van der Waals surface area contributed by atoms with Gasteiger partial charge < -0.3 is 9.05 Å². The number of ketones is 2. The summed E-state index contributed by atoms with van der Waals surface area (Å²) in [7, 11) is -2.03. The van der Waals surface area contributed by atoms with Crippen LogP contribution in [0.15, 0.2) is 60.7 Å². The van der Waals surface area contributed by atoms with Crippen LogP contribution in [0.25, 0.3) is 0 Å². The van der Waals surface area contributed by atoms with Crippen LogP contribution in [-0.2, 0) is 40.6 Å². The zero-order chi connectivity index (χ0) is 29.9. The van der Waals surface area contributed by atoms with Gasteiger partial charge in [-0.1, -0.05) is 74.5 Å². The lowest BCUT2D eigenvalue weighted by Crippen LogP contribution is -2.16. The summed E-state index contributed by atoms with van der Waals surface area (Å²) in [5.41, 5.74) is 2.66. The van der Waals surface area contributed by atoms with E-state index in [9.17, 15) is 18.7 Å².